The van der Waals surface area contributed by atoms with Gasteiger partial charge in [0.05, 0.1) is 6.61 Å². The van der Waals surface area contributed by atoms with Gasteiger partial charge in [0.1, 0.15) is 5.75 Å². The minimum atomic E-state index is 0.320. The Hall–Kier alpha value is -1.74. The summed E-state index contributed by atoms with van der Waals surface area (Å²) in [6.45, 7) is 10.1. The summed E-state index contributed by atoms with van der Waals surface area (Å²) < 4.78 is 7.71. The molecule has 0 spiro atoms. The summed E-state index contributed by atoms with van der Waals surface area (Å²) in [6, 6.07) is 10.9. The molecule has 114 valence electrons. The first-order chi connectivity index (χ1) is 10.0. The Morgan fingerprint density at radius 2 is 1.86 bits per heavy atom. The molecule has 2 rings (SSSR count). The van der Waals surface area contributed by atoms with Crippen LogP contribution < -0.4 is 10.1 Å². The Morgan fingerprint density at radius 1 is 1.19 bits per heavy atom. The van der Waals surface area contributed by atoms with E-state index in [-0.39, 0.29) is 0 Å². The third kappa shape index (κ3) is 3.67. The van der Waals surface area contributed by atoms with Gasteiger partial charge in [0.15, 0.2) is 0 Å². The van der Waals surface area contributed by atoms with Crippen LogP contribution >= 0.6 is 0 Å². The lowest BCUT2D eigenvalue weighted by Crippen LogP contribution is -2.18. The molecule has 0 aliphatic carbocycles. The summed E-state index contributed by atoms with van der Waals surface area (Å²) in [6.07, 6.45) is 0. The molecule has 1 N–H and O–H groups in total. The summed E-state index contributed by atoms with van der Waals surface area (Å²) in [7, 11) is 2.12. The molecule has 0 bridgehead atoms. The highest BCUT2D eigenvalue weighted by Crippen LogP contribution is 2.19. The van der Waals surface area contributed by atoms with Gasteiger partial charge in [-0.1, -0.05) is 12.1 Å². The second-order valence-electron chi connectivity index (χ2n) is 5.56. The van der Waals surface area contributed by atoms with Crippen LogP contribution in [-0.4, -0.2) is 11.2 Å². The van der Waals surface area contributed by atoms with Crippen molar-refractivity contribution in [3.8, 4) is 5.75 Å². The highest BCUT2D eigenvalue weighted by molar-refractivity contribution is 5.30. The van der Waals surface area contributed by atoms with E-state index in [0.717, 1.165) is 12.3 Å². The Morgan fingerprint density at radius 3 is 2.38 bits per heavy atom. The first-order valence-corrected chi connectivity index (χ1v) is 7.60. The minimum absolute atomic E-state index is 0.320. The molecule has 0 fully saturated rings. The number of benzene rings is 1. The first kappa shape index (κ1) is 15.6. The zero-order valence-electron chi connectivity index (χ0n) is 13.7. The van der Waals surface area contributed by atoms with Crippen molar-refractivity contribution in [2.24, 2.45) is 7.05 Å². The normalized spacial score (nSPS) is 12.4. The van der Waals surface area contributed by atoms with Crippen LogP contribution in [-0.2, 0) is 13.6 Å². The Labute approximate surface area is 127 Å². The van der Waals surface area contributed by atoms with Crippen LogP contribution in [0.3, 0.4) is 0 Å². The largest absolute Gasteiger partial charge is 0.494 e. The smallest absolute Gasteiger partial charge is 0.119 e. The van der Waals surface area contributed by atoms with Gasteiger partial charge in [-0.05, 0) is 57.0 Å². The van der Waals surface area contributed by atoms with Gasteiger partial charge in [0.25, 0.3) is 0 Å². The molecule has 0 radical (unpaired) electrons. The van der Waals surface area contributed by atoms with E-state index >= 15 is 0 Å². The van der Waals surface area contributed by atoms with Crippen molar-refractivity contribution in [3.63, 3.8) is 0 Å². The van der Waals surface area contributed by atoms with Crippen LogP contribution in [0.5, 0.6) is 5.75 Å². The van der Waals surface area contributed by atoms with Gasteiger partial charge in [0.2, 0.25) is 0 Å². The predicted molar refractivity (Wildman–Crippen MR) is 87.8 cm³/mol. The fourth-order valence-electron chi connectivity index (χ4n) is 2.51. The van der Waals surface area contributed by atoms with Gasteiger partial charge < -0.3 is 14.6 Å². The molecule has 1 aromatic carbocycles. The number of hydrogen-bond donors (Lipinski definition) is 1. The molecule has 1 aromatic heterocycles. The first-order valence-electron chi connectivity index (χ1n) is 7.60. The van der Waals surface area contributed by atoms with Crippen LogP contribution in [0, 0.1) is 13.8 Å². The van der Waals surface area contributed by atoms with Crippen molar-refractivity contribution >= 4 is 0 Å². The Kier molecular flexibility index (Phi) is 5.07. The maximum atomic E-state index is 5.48. The van der Waals surface area contributed by atoms with Gasteiger partial charge in [-0.25, -0.2) is 0 Å². The fraction of sp³-hybridized carbons (Fsp3) is 0.444. The molecule has 0 saturated carbocycles. The molecular weight excluding hydrogens is 260 g/mol. The van der Waals surface area contributed by atoms with E-state index in [1.54, 1.807) is 0 Å². The molecule has 0 aliphatic heterocycles. The Bertz CT molecular complexity index is 584. The van der Waals surface area contributed by atoms with Crippen LogP contribution in [0.1, 0.15) is 42.4 Å². The second kappa shape index (κ2) is 6.81. The van der Waals surface area contributed by atoms with Gasteiger partial charge in [-0.15, -0.1) is 0 Å². The number of hydrogen-bond acceptors (Lipinski definition) is 2. The zero-order chi connectivity index (χ0) is 15.4. The van der Waals surface area contributed by atoms with E-state index in [1.807, 2.05) is 19.1 Å². The van der Waals surface area contributed by atoms with E-state index in [2.05, 4.69) is 55.9 Å². The average Bonchev–Trinajstić information content (AvgIpc) is 2.73. The number of nitrogens with one attached hydrogen (secondary N) is 1. The summed E-state index contributed by atoms with van der Waals surface area (Å²) in [5.74, 6) is 0.933. The van der Waals surface area contributed by atoms with Crippen LogP contribution in [0.2, 0.25) is 0 Å². The topological polar surface area (TPSA) is 26.2 Å². The van der Waals surface area contributed by atoms with Crippen molar-refractivity contribution in [2.75, 3.05) is 6.61 Å². The van der Waals surface area contributed by atoms with E-state index in [4.69, 9.17) is 4.74 Å². The molecule has 3 nitrogen and oxygen atoms in total. The summed E-state index contributed by atoms with van der Waals surface area (Å²) in [5, 5.41) is 3.59. The molecule has 2 aromatic rings. The molecule has 21 heavy (non-hydrogen) atoms. The molecule has 1 atom stereocenters. The number of aryl methyl sites for hydroxylation is 1. The van der Waals surface area contributed by atoms with Crippen molar-refractivity contribution < 1.29 is 4.74 Å². The summed E-state index contributed by atoms with van der Waals surface area (Å²) in [4.78, 5) is 0. The summed E-state index contributed by atoms with van der Waals surface area (Å²) in [5.41, 5.74) is 5.29. The number of aromatic nitrogens is 1. The number of nitrogens with zero attached hydrogens (tertiary/aromatic N) is 1. The van der Waals surface area contributed by atoms with Crippen molar-refractivity contribution in [3.05, 3.63) is 52.8 Å². The minimum Gasteiger partial charge on any atom is -0.494 e. The fourth-order valence-corrected chi connectivity index (χ4v) is 2.51. The van der Waals surface area contributed by atoms with Crippen molar-refractivity contribution in [1.29, 1.82) is 0 Å². The average molecular weight is 286 g/mol. The predicted octanol–water partition coefficient (Wildman–Crippen LogP) is 3.89. The van der Waals surface area contributed by atoms with Crippen LogP contribution in [0.4, 0.5) is 0 Å². The third-order valence-corrected chi connectivity index (χ3v) is 4.17. The number of ether oxygens (including phenoxy) is 1. The van der Waals surface area contributed by atoms with Gasteiger partial charge in [-0.2, -0.15) is 0 Å². The standard InChI is InChI=1S/C18H26N2O/c1-6-21-18-9-7-16(8-10-18)14(3)19-12-17-11-13(2)20(5)15(17)4/h7-11,14,19H,6,12H2,1-5H3. The quantitative estimate of drug-likeness (QED) is 0.872. The highest BCUT2D eigenvalue weighted by Gasteiger charge is 2.09. The maximum Gasteiger partial charge on any atom is 0.119 e. The van der Waals surface area contributed by atoms with E-state index in [1.165, 1.54) is 22.5 Å². The van der Waals surface area contributed by atoms with Crippen LogP contribution in [0.25, 0.3) is 0 Å². The van der Waals surface area contributed by atoms with Gasteiger partial charge >= 0.3 is 0 Å². The lowest BCUT2D eigenvalue weighted by molar-refractivity contribution is 0.340. The molecule has 3 heteroatoms. The number of rotatable bonds is 6. The highest BCUT2D eigenvalue weighted by atomic mass is 16.5. The van der Waals surface area contributed by atoms with E-state index in [9.17, 15) is 0 Å². The molecule has 1 unspecified atom stereocenters. The van der Waals surface area contributed by atoms with E-state index < -0.39 is 0 Å². The lowest BCUT2D eigenvalue weighted by atomic mass is 10.1. The van der Waals surface area contributed by atoms with Gasteiger partial charge in [0, 0.05) is 31.0 Å². The summed E-state index contributed by atoms with van der Waals surface area (Å²) >= 11 is 0. The molecule has 1 heterocycles. The maximum absolute atomic E-state index is 5.48. The molecule has 0 amide bonds. The van der Waals surface area contributed by atoms with E-state index in [0.29, 0.717) is 12.6 Å². The molecule has 0 saturated heterocycles. The monoisotopic (exact) mass is 286 g/mol. The second-order valence-corrected chi connectivity index (χ2v) is 5.56. The van der Waals surface area contributed by atoms with Crippen molar-refractivity contribution in [2.45, 2.75) is 40.3 Å². The SMILES string of the molecule is CCOc1ccc(C(C)NCc2cc(C)n(C)c2C)cc1. The molecular formula is C18H26N2O. The molecule has 0 aliphatic rings. The zero-order valence-corrected chi connectivity index (χ0v) is 13.7. The third-order valence-electron chi connectivity index (χ3n) is 4.17. The van der Waals surface area contributed by atoms with Gasteiger partial charge in [-0.3, -0.25) is 0 Å². The van der Waals surface area contributed by atoms with Crippen LogP contribution in [0.15, 0.2) is 30.3 Å². The lowest BCUT2D eigenvalue weighted by Gasteiger charge is -2.15. The Balaban J connectivity index is 1.97. The van der Waals surface area contributed by atoms with Crippen molar-refractivity contribution in [1.82, 2.24) is 9.88 Å².